The van der Waals surface area contributed by atoms with Gasteiger partial charge in [-0.25, -0.2) is 0 Å². The summed E-state index contributed by atoms with van der Waals surface area (Å²) in [7, 11) is 2.11. The summed E-state index contributed by atoms with van der Waals surface area (Å²) >= 11 is 0. The Morgan fingerprint density at radius 2 is 2.25 bits per heavy atom. The summed E-state index contributed by atoms with van der Waals surface area (Å²) in [6.45, 7) is 2.95. The van der Waals surface area contributed by atoms with Crippen LogP contribution in [-0.2, 0) is 17.8 Å². The van der Waals surface area contributed by atoms with E-state index in [0.29, 0.717) is 12.6 Å². The van der Waals surface area contributed by atoms with E-state index in [4.69, 9.17) is 15.0 Å². The first-order valence-corrected chi connectivity index (χ1v) is 5.72. The van der Waals surface area contributed by atoms with E-state index in [1.807, 2.05) is 6.07 Å². The lowest BCUT2D eigenvalue weighted by Gasteiger charge is -2.30. The van der Waals surface area contributed by atoms with Crippen LogP contribution in [0.25, 0.3) is 0 Å². The smallest absolute Gasteiger partial charge is 0.151 e. The largest absolute Gasteiger partial charge is 0.381 e. The van der Waals surface area contributed by atoms with Gasteiger partial charge in [-0.2, -0.15) is 0 Å². The zero-order valence-electron chi connectivity index (χ0n) is 9.69. The second-order valence-corrected chi connectivity index (χ2v) is 4.25. The van der Waals surface area contributed by atoms with Crippen molar-refractivity contribution in [3.05, 3.63) is 17.5 Å². The Labute approximate surface area is 95.5 Å². The number of hydrogen-bond acceptors (Lipinski definition) is 5. The first-order valence-electron chi connectivity index (χ1n) is 5.72. The third-order valence-electron chi connectivity index (χ3n) is 3.04. The molecule has 2 N–H and O–H groups in total. The molecule has 1 fully saturated rings. The van der Waals surface area contributed by atoms with Crippen LogP contribution in [0.3, 0.4) is 0 Å². The third kappa shape index (κ3) is 2.81. The highest BCUT2D eigenvalue weighted by Crippen LogP contribution is 2.15. The van der Waals surface area contributed by atoms with Crippen LogP contribution < -0.4 is 5.73 Å². The van der Waals surface area contributed by atoms with E-state index in [-0.39, 0.29) is 0 Å². The number of nitrogens with two attached hydrogens (primary N) is 1. The minimum Gasteiger partial charge on any atom is -0.381 e. The van der Waals surface area contributed by atoms with Gasteiger partial charge in [0.05, 0.1) is 12.2 Å². The summed E-state index contributed by atoms with van der Waals surface area (Å²) in [6.07, 6.45) is 2.18. The highest BCUT2D eigenvalue weighted by Gasteiger charge is 2.19. The van der Waals surface area contributed by atoms with E-state index in [1.165, 1.54) is 0 Å². The lowest BCUT2D eigenvalue weighted by atomic mass is 10.1. The monoisotopic (exact) mass is 225 g/mol. The first-order chi connectivity index (χ1) is 7.79. The molecule has 0 aromatic carbocycles. The van der Waals surface area contributed by atoms with Gasteiger partial charge in [-0.05, 0) is 19.9 Å². The molecular formula is C11H19N3O2. The standard InChI is InChI=1S/C11H19N3O2/c1-14(10-2-4-15-5-3-10)8-11-6-9(7-12)13-16-11/h6,10H,2-5,7-8,12H2,1H3. The summed E-state index contributed by atoms with van der Waals surface area (Å²) in [5.74, 6) is 0.884. The molecule has 0 radical (unpaired) electrons. The molecule has 16 heavy (non-hydrogen) atoms. The fourth-order valence-electron chi connectivity index (χ4n) is 2.03. The topological polar surface area (TPSA) is 64.5 Å². The molecule has 1 aliphatic heterocycles. The molecule has 2 heterocycles. The molecule has 1 aromatic rings. The molecule has 2 rings (SSSR count). The fraction of sp³-hybridized carbons (Fsp3) is 0.727. The molecule has 5 heteroatoms. The molecule has 5 nitrogen and oxygen atoms in total. The van der Waals surface area contributed by atoms with Crippen molar-refractivity contribution in [2.24, 2.45) is 5.73 Å². The van der Waals surface area contributed by atoms with Crippen molar-refractivity contribution in [2.75, 3.05) is 20.3 Å². The van der Waals surface area contributed by atoms with E-state index < -0.39 is 0 Å². The maximum atomic E-state index is 5.48. The molecule has 1 saturated heterocycles. The highest BCUT2D eigenvalue weighted by molar-refractivity contribution is 5.04. The lowest BCUT2D eigenvalue weighted by Crippen LogP contribution is -2.36. The zero-order chi connectivity index (χ0) is 11.4. The molecule has 0 unspecified atom stereocenters. The molecule has 1 aliphatic rings. The van der Waals surface area contributed by atoms with Gasteiger partial charge < -0.3 is 15.0 Å². The maximum absolute atomic E-state index is 5.48. The average molecular weight is 225 g/mol. The maximum Gasteiger partial charge on any atom is 0.151 e. The zero-order valence-corrected chi connectivity index (χ0v) is 9.69. The summed E-state index contributed by atoms with van der Waals surface area (Å²) in [6, 6.07) is 2.51. The summed E-state index contributed by atoms with van der Waals surface area (Å²) in [5.41, 5.74) is 6.30. The summed E-state index contributed by atoms with van der Waals surface area (Å²) in [4.78, 5) is 2.29. The van der Waals surface area contributed by atoms with Crippen LogP contribution in [0.2, 0.25) is 0 Å². The molecule has 90 valence electrons. The number of ether oxygens (including phenoxy) is 1. The van der Waals surface area contributed by atoms with Crippen molar-refractivity contribution < 1.29 is 9.26 Å². The minimum absolute atomic E-state index is 0.435. The molecule has 0 atom stereocenters. The van der Waals surface area contributed by atoms with Gasteiger partial charge in [0.1, 0.15) is 0 Å². The van der Waals surface area contributed by atoms with Crippen molar-refractivity contribution >= 4 is 0 Å². The van der Waals surface area contributed by atoms with Gasteiger partial charge in [-0.1, -0.05) is 5.16 Å². The Morgan fingerprint density at radius 1 is 1.50 bits per heavy atom. The predicted octanol–water partition coefficient (Wildman–Crippen LogP) is 0.744. The molecule has 0 aliphatic carbocycles. The van der Waals surface area contributed by atoms with Crippen molar-refractivity contribution in [1.29, 1.82) is 0 Å². The van der Waals surface area contributed by atoms with Gasteiger partial charge in [0.15, 0.2) is 5.76 Å². The number of aromatic nitrogens is 1. The average Bonchev–Trinajstić information content (AvgIpc) is 2.78. The Hall–Kier alpha value is -0.910. The van der Waals surface area contributed by atoms with Crippen molar-refractivity contribution in [3.63, 3.8) is 0 Å². The predicted molar refractivity (Wildman–Crippen MR) is 59.7 cm³/mol. The van der Waals surface area contributed by atoms with E-state index in [2.05, 4.69) is 17.1 Å². The SMILES string of the molecule is CN(Cc1cc(CN)no1)C1CCOCC1. The van der Waals surface area contributed by atoms with Gasteiger partial charge in [0.25, 0.3) is 0 Å². The first kappa shape index (κ1) is 11.6. The van der Waals surface area contributed by atoms with Crippen LogP contribution >= 0.6 is 0 Å². The van der Waals surface area contributed by atoms with Gasteiger partial charge in [0, 0.05) is 31.9 Å². The number of rotatable bonds is 4. The van der Waals surface area contributed by atoms with Crippen LogP contribution in [0.1, 0.15) is 24.3 Å². The Bertz CT molecular complexity index is 321. The second kappa shape index (κ2) is 5.43. The van der Waals surface area contributed by atoms with Crippen LogP contribution in [0.5, 0.6) is 0 Å². The van der Waals surface area contributed by atoms with E-state index in [1.54, 1.807) is 0 Å². The second-order valence-electron chi connectivity index (χ2n) is 4.25. The third-order valence-corrected chi connectivity index (χ3v) is 3.04. The van der Waals surface area contributed by atoms with Crippen LogP contribution in [0, 0.1) is 0 Å². The van der Waals surface area contributed by atoms with E-state index in [0.717, 1.165) is 44.1 Å². The Kier molecular flexibility index (Phi) is 3.93. The van der Waals surface area contributed by atoms with Crippen molar-refractivity contribution in [2.45, 2.75) is 32.0 Å². The Morgan fingerprint density at radius 3 is 2.88 bits per heavy atom. The van der Waals surface area contributed by atoms with Gasteiger partial charge >= 0.3 is 0 Å². The number of hydrogen-bond donors (Lipinski definition) is 1. The van der Waals surface area contributed by atoms with Crippen LogP contribution in [0.15, 0.2) is 10.6 Å². The normalized spacial score (nSPS) is 18.2. The van der Waals surface area contributed by atoms with E-state index in [9.17, 15) is 0 Å². The fourth-order valence-corrected chi connectivity index (χ4v) is 2.03. The van der Waals surface area contributed by atoms with Crippen LogP contribution in [0.4, 0.5) is 0 Å². The molecule has 1 aromatic heterocycles. The molecule has 0 saturated carbocycles. The summed E-state index contributed by atoms with van der Waals surface area (Å²) < 4.78 is 10.6. The summed E-state index contributed by atoms with van der Waals surface area (Å²) in [5, 5.41) is 3.88. The van der Waals surface area contributed by atoms with Gasteiger partial charge in [-0.3, -0.25) is 4.90 Å². The highest BCUT2D eigenvalue weighted by atomic mass is 16.5. The van der Waals surface area contributed by atoms with E-state index >= 15 is 0 Å². The van der Waals surface area contributed by atoms with Crippen LogP contribution in [-0.4, -0.2) is 36.4 Å². The molecule has 0 spiro atoms. The lowest BCUT2D eigenvalue weighted by molar-refractivity contribution is 0.0381. The van der Waals surface area contributed by atoms with Crippen molar-refractivity contribution in [3.8, 4) is 0 Å². The number of nitrogens with zero attached hydrogens (tertiary/aromatic N) is 2. The molecule has 0 bridgehead atoms. The molecular weight excluding hydrogens is 206 g/mol. The van der Waals surface area contributed by atoms with Crippen molar-refractivity contribution in [1.82, 2.24) is 10.1 Å². The quantitative estimate of drug-likeness (QED) is 0.819. The minimum atomic E-state index is 0.435. The molecule has 0 amide bonds. The van der Waals surface area contributed by atoms with Gasteiger partial charge in [-0.15, -0.1) is 0 Å². The Balaban J connectivity index is 1.87. The van der Waals surface area contributed by atoms with Gasteiger partial charge in [0.2, 0.25) is 0 Å².